The summed E-state index contributed by atoms with van der Waals surface area (Å²) in [6, 6.07) is 17.3. The lowest BCUT2D eigenvalue weighted by Gasteiger charge is -2.28. The number of rotatable bonds is 5. The maximum atomic E-state index is 5.75. The fourth-order valence-electron chi connectivity index (χ4n) is 3.35. The quantitative estimate of drug-likeness (QED) is 0.528. The largest absolute Gasteiger partial charge is 0.439 e. The van der Waals surface area contributed by atoms with Crippen molar-refractivity contribution in [1.82, 2.24) is 25.3 Å². The van der Waals surface area contributed by atoms with Crippen LogP contribution in [0.5, 0.6) is 11.6 Å². The third kappa shape index (κ3) is 3.99. The summed E-state index contributed by atoms with van der Waals surface area (Å²) in [6.07, 6.45) is 3.25. The molecule has 4 heterocycles. The number of benzene rings is 1. The highest BCUT2D eigenvalue weighted by Gasteiger charge is 2.14. The first-order chi connectivity index (χ1) is 14.8. The van der Waals surface area contributed by atoms with E-state index in [1.807, 2.05) is 54.6 Å². The van der Waals surface area contributed by atoms with Crippen molar-refractivity contribution in [3.05, 3.63) is 67.1 Å². The Kier molecular flexibility index (Phi) is 5.05. The zero-order valence-corrected chi connectivity index (χ0v) is 16.3. The number of nitrogens with zero attached hydrogens (tertiary/aromatic N) is 5. The maximum absolute atomic E-state index is 5.75. The van der Waals surface area contributed by atoms with Crippen molar-refractivity contribution >= 4 is 28.4 Å². The Morgan fingerprint density at radius 3 is 2.57 bits per heavy atom. The fraction of sp³-hybridized carbons (Fsp3) is 0.182. The predicted octanol–water partition coefficient (Wildman–Crippen LogP) is 3.37. The van der Waals surface area contributed by atoms with Gasteiger partial charge in [0, 0.05) is 32.2 Å². The highest BCUT2D eigenvalue weighted by atomic mass is 16.5. The second-order valence-electron chi connectivity index (χ2n) is 6.92. The van der Waals surface area contributed by atoms with Gasteiger partial charge in [0.15, 0.2) is 5.82 Å². The molecule has 30 heavy (non-hydrogen) atoms. The molecule has 0 radical (unpaired) electrons. The summed E-state index contributed by atoms with van der Waals surface area (Å²) in [6.45, 7) is 3.78. The van der Waals surface area contributed by atoms with E-state index in [-0.39, 0.29) is 0 Å². The number of para-hydroxylation sites is 1. The van der Waals surface area contributed by atoms with Crippen LogP contribution in [0.3, 0.4) is 0 Å². The first kappa shape index (κ1) is 18.3. The smallest absolute Gasteiger partial charge is 0.219 e. The number of pyridine rings is 2. The van der Waals surface area contributed by atoms with E-state index >= 15 is 0 Å². The van der Waals surface area contributed by atoms with Gasteiger partial charge >= 0.3 is 0 Å². The standard InChI is InChI=1S/C22H21N7O/c1-2-4-17(5-3-1)30-20-9-6-16(14-24-20)27-22-21-18(25-15-26-22)7-8-19(28-21)29-12-10-23-11-13-29/h1-9,14-15,23H,10-13H2,(H,25,26,27). The molecule has 2 N–H and O–H groups in total. The van der Waals surface area contributed by atoms with E-state index in [0.29, 0.717) is 11.7 Å². The molecule has 0 bridgehead atoms. The van der Waals surface area contributed by atoms with Crippen LogP contribution in [0.15, 0.2) is 67.1 Å². The molecule has 0 unspecified atom stereocenters. The molecule has 8 nitrogen and oxygen atoms in total. The molecule has 4 aromatic rings. The Hall–Kier alpha value is -3.78. The molecule has 1 aliphatic rings. The van der Waals surface area contributed by atoms with E-state index in [2.05, 4.69) is 30.5 Å². The molecule has 8 heteroatoms. The van der Waals surface area contributed by atoms with E-state index in [0.717, 1.165) is 54.5 Å². The second-order valence-corrected chi connectivity index (χ2v) is 6.92. The summed E-state index contributed by atoms with van der Waals surface area (Å²) in [5, 5.41) is 6.67. The zero-order chi connectivity index (χ0) is 20.2. The minimum Gasteiger partial charge on any atom is -0.439 e. The number of nitrogens with one attached hydrogen (secondary N) is 2. The minimum absolute atomic E-state index is 0.526. The molecule has 0 saturated carbocycles. The third-order valence-electron chi connectivity index (χ3n) is 4.87. The average molecular weight is 399 g/mol. The Labute approximate surface area is 174 Å². The van der Waals surface area contributed by atoms with Gasteiger partial charge in [-0.2, -0.15) is 0 Å². The summed E-state index contributed by atoms with van der Waals surface area (Å²) in [7, 11) is 0. The van der Waals surface area contributed by atoms with Crippen LogP contribution in [-0.4, -0.2) is 46.1 Å². The number of anilines is 3. The van der Waals surface area contributed by atoms with Crippen LogP contribution in [0, 0.1) is 0 Å². The Morgan fingerprint density at radius 1 is 0.900 bits per heavy atom. The number of hydrogen-bond donors (Lipinski definition) is 2. The molecule has 0 spiro atoms. The lowest BCUT2D eigenvalue weighted by atomic mass is 10.3. The molecule has 0 amide bonds. The first-order valence-corrected chi connectivity index (χ1v) is 9.88. The topological polar surface area (TPSA) is 88.1 Å². The van der Waals surface area contributed by atoms with Gasteiger partial charge < -0.3 is 20.3 Å². The Balaban J connectivity index is 1.37. The highest BCUT2D eigenvalue weighted by Crippen LogP contribution is 2.25. The van der Waals surface area contributed by atoms with Crippen molar-refractivity contribution in [3.63, 3.8) is 0 Å². The fourth-order valence-corrected chi connectivity index (χ4v) is 3.35. The average Bonchev–Trinajstić information content (AvgIpc) is 2.82. The van der Waals surface area contributed by atoms with Gasteiger partial charge in [0.05, 0.1) is 17.4 Å². The normalized spacial score (nSPS) is 13.9. The van der Waals surface area contributed by atoms with Crippen molar-refractivity contribution < 1.29 is 4.74 Å². The van der Waals surface area contributed by atoms with Crippen LogP contribution in [0.2, 0.25) is 0 Å². The van der Waals surface area contributed by atoms with Gasteiger partial charge in [0.25, 0.3) is 0 Å². The van der Waals surface area contributed by atoms with Crippen molar-refractivity contribution in [2.24, 2.45) is 0 Å². The molecule has 0 atom stereocenters. The molecular formula is C22H21N7O. The molecule has 1 fully saturated rings. The van der Waals surface area contributed by atoms with Gasteiger partial charge in [-0.25, -0.2) is 19.9 Å². The number of aromatic nitrogens is 4. The SMILES string of the molecule is c1ccc(Oc2ccc(Nc3ncnc4ccc(N5CCNCC5)nc34)cn2)cc1. The number of piperazine rings is 1. The zero-order valence-electron chi connectivity index (χ0n) is 16.3. The molecule has 0 aliphatic carbocycles. The highest BCUT2D eigenvalue weighted by molar-refractivity contribution is 5.88. The summed E-state index contributed by atoms with van der Waals surface area (Å²) < 4.78 is 5.75. The van der Waals surface area contributed by atoms with Crippen LogP contribution >= 0.6 is 0 Å². The van der Waals surface area contributed by atoms with E-state index in [4.69, 9.17) is 9.72 Å². The molecule has 1 saturated heterocycles. The summed E-state index contributed by atoms with van der Waals surface area (Å²) in [5.41, 5.74) is 2.33. The summed E-state index contributed by atoms with van der Waals surface area (Å²) in [5.74, 6) is 2.86. The molecule has 5 rings (SSSR count). The summed E-state index contributed by atoms with van der Waals surface area (Å²) >= 11 is 0. The molecule has 1 aliphatic heterocycles. The van der Waals surface area contributed by atoms with Gasteiger partial charge in [-0.1, -0.05) is 18.2 Å². The molecular weight excluding hydrogens is 378 g/mol. The maximum Gasteiger partial charge on any atom is 0.219 e. The van der Waals surface area contributed by atoms with E-state index in [1.54, 1.807) is 6.20 Å². The van der Waals surface area contributed by atoms with Crippen LogP contribution in [-0.2, 0) is 0 Å². The van der Waals surface area contributed by atoms with Crippen LogP contribution < -0.4 is 20.3 Å². The van der Waals surface area contributed by atoms with Gasteiger partial charge in [0.2, 0.25) is 5.88 Å². The lowest BCUT2D eigenvalue weighted by molar-refractivity contribution is 0.463. The van der Waals surface area contributed by atoms with Gasteiger partial charge in [0.1, 0.15) is 23.4 Å². The number of fused-ring (bicyclic) bond motifs is 1. The Bertz CT molecular complexity index is 1130. The minimum atomic E-state index is 0.526. The van der Waals surface area contributed by atoms with E-state index in [1.165, 1.54) is 6.33 Å². The second kappa shape index (κ2) is 8.30. The van der Waals surface area contributed by atoms with Gasteiger partial charge in [-0.3, -0.25) is 0 Å². The number of ether oxygens (including phenoxy) is 1. The van der Waals surface area contributed by atoms with Crippen molar-refractivity contribution in [2.45, 2.75) is 0 Å². The van der Waals surface area contributed by atoms with Crippen LogP contribution in [0.25, 0.3) is 11.0 Å². The van der Waals surface area contributed by atoms with Crippen molar-refractivity contribution in [2.75, 3.05) is 36.4 Å². The van der Waals surface area contributed by atoms with E-state index < -0.39 is 0 Å². The number of hydrogen-bond acceptors (Lipinski definition) is 8. The monoisotopic (exact) mass is 399 g/mol. The van der Waals surface area contributed by atoms with Crippen LogP contribution in [0.1, 0.15) is 0 Å². The molecule has 1 aromatic carbocycles. The van der Waals surface area contributed by atoms with Crippen molar-refractivity contribution in [3.8, 4) is 11.6 Å². The van der Waals surface area contributed by atoms with Crippen molar-refractivity contribution in [1.29, 1.82) is 0 Å². The molecule has 150 valence electrons. The van der Waals surface area contributed by atoms with E-state index in [9.17, 15) is 0 Å². The van der Waals surface area contributed by atoms with Crippen LogP contribution in [0.4, 0.5) is 17.3 Å². The first-order valence-electron chi connectivity index (χ1n) is 9.88. The Morgan fingerprint density at radius 2 is 1.77 bits per heavy atom. The third-order valence-corrected chi connectivity index (χ3v) is 4.87. The van der Waals surface area contributed by atoms with Gasteiger partial charge in [-0.05, 0) is 30.3 Å². The summed E-state index contributed by atoms with van der Waals surface area (Å²) in [4.78, 5) is 20.2. The van der Waals surface area contributed by atoms with Gasteiger partial charge in [-0.15, -0.1) is 0 Å². The molecule has 3 aromatic heterocycles. The predicted molar refractivity (Wildman–Crippen MR) is 116 cm³/mol. The lowest BCUT2D eigenvalue weighted by Crippen LogP contribution is -2.43.